The van der Waals surface area contributed by atoms with Crippen molar-refractivity contribution < 1.29 is 8.42 Å². The third kappa shape index (κ3) is 3.46. The molecule has 15 heavy (non-hydrogen) atoms. The third-order valence-corrected chi connectivity index (χ3v) is 4.05. The van der Waals surface area contributed by atoms with Crippen LogP contribution in [-0.2, 0) is 15.4 Å². The van der Waals surface area contributed by atoms with E-state index in [2.05, 4.69) is 9.71 Å². The van der Waals surface area contributed by atoms with Crippen LogP contribution in [0.25, 0.3) is 0 Å². The molecule has 1 rings (SSSR count). The zero-order chi connectivity index (χ0) is 11.7. The maximum Gasteiger partial charge on any atom is 0.234 e. The van der Waals surface area contributed by atoms with Crippen molar-refractivity contribution in [3.05, 3.63) is 11.1 Å². The summed E-state index contributed by atoms with van der Waals surface area (Å²) in [6.45, 7) is 7.72. The largest absolute Gasteiger partial charge is 0.259 e. The van der Waals surface area contributed by atoms with Crippen LogP contribution >= 0.6 is 11.3 Å². The third-order valence-electron chi connectivity index (χ3n) is 1.90. The molecule has 0 aliphatic carbocycles. The van der Waals surface area contributed by atoms with E-state index < -0.39 is 10.0 Å². The molecular weight excluding hydrogens is 232 g/mol. The molecule has 1 N–H and O–H groups in total. The van der Waals surface area contributed by atoms with Crippen molar-refractivity contribution in [2.75, 3.05) is 10.5 Å². The van der Waals surface area contributed by atoms with Crippen LogP contribution in [0, 0.1) is 0 Å². The monoisotopic (exact) mass is 248 g/mol. The highest BCUT2D eigenvalue weighted by Crippen LogP contribution is 2.26. The van der Waals surface area contributed by atoms with Crippen molar-refractivity contribution >= 4 is 26.5 Å². The fourth-order valence-electron chi connectivity index (χ4n) is 0.870. The van der Waals surface area contributed by atoms with Gasteiger partial charge < -0.3 is 0 Å². The molecule has 0 spiro atoms. The molecule has 4 nitrogen and oxygen atoms in total. The lowest BCUT2D eigenvalue weighted by Gasteiger charge is -2.14. The van der Waals surface area contributed by atoms with Crippen LogP contribution in [0.15, 0.2) is 5.38 Å². The fraction of sp³-hybridized carbons (Fsp3) is 0.667. The summed E-state index contributed by atoms with van der Waals surface area (Å²) in [6, 6.07) is 0. The Kier molecular flexibility index (Phi) is 3.40. The van der Waals surface area contributed by atoms with Gasteiger partial charge in [-0.2, -0.15) is 0 Å². The Bertz CT molecular complexity index is 429. The van der Waals surface area contributed by atoms with Crippen LogP contribution in [0.1, 0.15) is 33.4 Å². The molecule has 1 aromatic rings. The number of rotatable bonds is 3. The van der Waals surface area contributed by atoms with Gasteiger partial charge in [-0.3, -0.25) is 4.72 Å². The number of hydrogen-bond donors (Lipinski definition) is 1. The van der Waals surface area contributed by atoms with Gasteiger partial charge in [-0.1, -0.05) is 20.8 Å². The van der Waals surface area contributed by atoms with E-state index >= 15 is 0 Å². The van der Waals surface area contributed by atoms with E-state index in [0.717, 1.165) is 5.69 Å². The van der Waals surface area contributed by atoms with Gasteiger partial charge in [-0.25, -0.2) is 13.4 Å². The van der Waals surface area contributed by atoms with Crippen LogP contribution in [0.2, 0.25) is 0 Å². The number of anilines is 1. The SMILES string of the molecule is CCS(=O)(=O)Nc1nc(C(C)(C)C)cs1. The average molecular weight is 248 g/mol. The summed E-state index contributed by atoms with van der Waals surface area (Å²) in [5.74, 6) is 0.0669. The van der Waals surface area contributed by atoms with Crippen molar-refractivity contribution in [1.29, 1.82) is 0 Å². The van der Waals surface area contributed by atoms with Gasteiger partial charge in [0.1, 0.15) is 0 Å². The van der Waals surface area contributed by atoms with E-state index in [1.807, 2.05) is 26.2 Å². The minimum absolute atomic E-state index is 0.0492. The van der Waals surface area contributed by atoms with Gasteiger partial charge in [0.05, 0.1) is 11.4 Å². The Morgan fingerprint density at radius 1 is 1.47 bits per heavy atom. The van der Waals surface area contributed by atoms with Crippen LogP contribution in [0.4, 0.5) is 5.13 Å². The lowest BCUT2D eigenvalue weighted by Crippen LogP contribution is -2.15. The quantitative estimate of drug-likeness (QED) is 0.892. The predicted octanol–water partition coefficient (Wildman–Crippen LogP) is 2.20. The molecule has 1 heterocycles. The normalized spacial score (nSPS) is 12.8. The van der Waals surface area contributed by atoms with Crippen LogP contribution in [-0.4, -0.2) is 19.2 Å². The molecule has 0 saturated heterocycles. The second-order valence-corrected chi connectivity index (χ2v) is 7.16. The molecule has 0 bridgehead atoms. The van der Waals surface area contributed by atoms with Crippen LogP contribution < -0.4 is 4.72 Å². The maximum atomic E-state index is 11.3. The fourth-order valence-corrected chi connectivity index (χ4v) is 2.68. The summed E-state index contributed by atoms with van der Waals surface area (Å²) in [5.41, 5.74) is 0.855. The van der Waals surface area contributed by atoms with Crippen LogP contribution in [0.5, 0.6) is 0 Å². The highest BCUT2D eigenvalue weighted by molar-refractivity contribution is 7.92. The highest BCUT2D eigenvalue weighted by Gasteiger charge is 2.18. The predicted molar refractivity (Wildman–Crippen MR) is 63.9 cm³/mol. The molecule has 1 aromatic heterocycles. The molecule has 6 heteroatoms. The zero-order valence-electron chi connectivity index (χ0n) is 9.36. The Hall–Kier alpha value is -0.620. The second kappa shape index (κ2) is 4.09. The van der Waals surface area contributed by atoms with Crippen LogP contribution in [0.3, 0.4) is 0 Å². The summed E-state index contributed by atoms with van der Waals surface area (Å²) in [4.78, 5) is 4.24. The van der Waals surface area contributed by atoms with E-state index in [4.69, 9.17) is 0 Å². The molecule has 0 radical (unpaired) electrons. The molecule has 0 saturated carbocycles. The Morgan fingerprint density at radius 3 is 2.47 bits per heavy atom. The molecule has 0 aliphatic heterocycles. The van der Waals surface area contributed by atoms with E-state index in [-0.39, 0.29) is 11.2 Å². The van der Waals surface area contributed by atoms with Gasteiger partial charge in [0, 0.05) is 10.8 Å². The minimum Gasteiger partial charge on any atom is -0.259 e. The summed E-state index contributed by atoms with van der Waals surface area (Å²) < 4.78 is 25.0. The summed E-state index contributed by atoms with van der Waals surface area (Å²) >= 11 is 1.32. The van der Waals surface area contributed by atoms with Crippen molar-refractivity contribution in [3.63, 3.8) is 0 Å². The van der Waals surface area contributed by atoms with Crippen molar-refractivity contribution in [3.8, 4) is 0 Å². The zero-order valence-corrected chi connectivity index (χ0v) is 11.0. The first-order valence-electron chi connectivity index (χ1n) is 4.71. The van der Waals surface area contributed by atoms with Gasteiger partial charge in [0.15, 0.2) is 5.13 Å². The molecule has 0 unspecified atom stereocenters. The number of sulfonamides is 1. The summed E-state index contributed by atoms with van der Waals surface area (Å²) in [5, 5.41) is 2.33. The first-order chi connectivity index (χ1) is 6.74. The summed E-state index contributed by atoms with van der Waals surface area (Å²) in [6.07, 6.45) is 0. The van der Waals surface area contributed by atoms with Gasteiger partial charge in [-0.15, -0.1) is 11.3 Å². The number of hydrogen-bond acceptors (Lipinski definition) is 4. The average Bonchev–Trinajstić information content (AvgIpc) is 2.51. The van der Waals surface area contributed by atoms with E-state index in [1.54, 1.807) is 6.92 Å². The topological polar surface area (TPSA) is 59.1 Å². The van der Waals surface area contributed by atoms with Gasteiger partial charge >= 0.3 is 0 Å². The first-order valence-corrected chi connectivity index (χ1v) is 7.24. The molecule has 0 atom stereocenters. The van der Waals surface area contributed by atoms with E-state index in [0.29, 0.717) is 5.13 Å². The Morgan fingerprint density at radius 2 is 2.07 bits per heavy atom. The summed E-state index contributed by atoms with van der Waals surface area (Å²) in [7, 11) is -3.21. The highest BCUT2D eigenvalue weighted by atomic mass is 32.2. The Labute approximate surface area is 94.8 Å². The van der Waals surface area contributed by atoms with Gasteiger partial charge in [-0.05, 0) is 6.92 Å². The minimum atomic E-state index is -3.21. The molecule has 0 aromatic carbocycles. The van der Waals surface area contributed by atoms with Crippen molar-refractivity contribution in [2.24, 2.45) is 0 Å². The number of nitrogens with zero attached hydrogens (tertiary/aromatic N) is 1. The molecule has 86 valence electrons. The molecule has 0 aliphatic rings. The maximum absolute atomic E-state index is 11.3. The van der Waals surface area contributed by atoms with Crippen molar-refractivity contribution in [2.45, 2.75) is 33.1 Å². The number of nitrogens with one attached hydrogen (secondary N) is 1. The van der Waals surface area contributed by atoms with Crippen molar-refractivity contribution in [1.82, 2.24) is 4.98 Å². The second-order valence-electron chi connectivity index (χ2n) is 4.29. The number of aromatic nitrogens is 1. The van der Waals surface area contributed by atoms with Gasteiger partial charge in [0.2, 0.25) is 10.0 Å². The number of thiazole rings is 1. The van der Waals surface area contributed by atoms with E-state index in [9.17, 15) is 8.42 Å². The standard InChI is InChI=1S/C9H16N2O2S2/c1-5-15(12,13)11-8-10-7(6-14-8)9(2,3)4/h6H,5H2,1-4H3,(H,10,11). The van der Waals surface area contributed by atoms with Gasteiger partial charge in [0.25, 0.3) is 0 Å². The molecule has 0 amide bonds. The Balaban J connectivity index is 2.87. The molecule has 0 fully saturated rings. The smallest absolute Gasteiger partial charge is 0.234 e. The van der Waals surface area contributed by atoms with E-state index in [1.165, 1.54) is 11.3 Å². The lowest BCUT2D eigenvalue weighted by atomic mass is 9.93. The molecular formula is C9H16N2O2S2. The lowest BCUT2D eigenvalue weighted by molar-refractivity contribution is 0.573. The first kappa shape index (κ1) is 12.4.